The molecule has 31 heavy (non-hydrogen) atoms. The number of piperidine rings is 1. The zero-order chi connectivity index (χ0) is 21.8. The summed E-state index contributed by atoms with van der Waals surface area (Å²) in [7, 11) is 5.44. The highest BCUT2D eigenvalue weighted by Crippen LogP contribution is 2.33. The summed E-state index contributed by atoms with van der Waals surface area (Å²) in [5.41, 5.74) is 1.97. The first-order valence-corrected chi connectivity index (χ1v) is 10.8. The molecule has 0 bridgehead atoms. The summed E-state index contributed by atoms with van der Waals surface area (Å²) in [6, 6.07) is 12.1. The number of ether oxygens (including phenoxy) is 4. The molecule has 4 rings (SSSR count). The number of thiocarbonyl (C=S) groups is 1. The molecular formula is C23H29N3O4S. The summed E-state index contributed by atoms with van der Waals surface area (Å²) in [5.74, 6) is 3.01. The lowest BCUT2D eigenvalue weighted by Crippen LogP contribution is -2.47. The number of fused-ring (bicyclic) bond motifs is 1. The highest BCUT2D eigenvalue weighted by atomic mass is 32.1. The van der Waals surface area contributed by atoms with Crippen molar-refractivity contribution < 1.29 is 18.9 Å². The zero-order valence-electron chi connectivity index (χ0n) is 18.2. The maximum atomic E-state index is 5.89. The second kappa shape index (κ2) is 9.62. The van der Waals surface area contributed by atoms with Gasteiger partial charge in [-0.05, 0) is 62.9 Å². The van der Waals surface area contributed by atoms with Gasteiger partial charge in [0.2, 0.25) is 6.79 Å². The summed E-state index contributed by atoms with van der Waals surface area (Å²) >= 11 is 5.89. The fourth-order valence-electron chi connectivity index (χ4n) is 3.98. The van der Waals surface area contributed by atoms with Crippen LogP contribution >= 0.6 is 12.2 Å². The number of hydrogen-bond acceptors (Lipinski definition) is 6. The van der Waals surface area contributed by atoms with Crippen LogP contribution < -0.4 is 24.3 Å². The molecule has 1 saturated heterocycles. The van der Waals surface area contributed by atoms with Gasteiger partial charge in [0.1, 0.15) is 11.5 Å². The average Bonchev–Trinajstić information content (AvgIpc) is 3.25. The molecule has 0 amide bonds. The van der Waals surface area contributed by atoms with Crippen LogP contribution in [0.25, 0.3) is 0 Å². The van der Waals surface area contributed by atoms with Crippen molar-refractivity contribution >= 4 is 23.0 Å². The molecule has 7 nitrogen and oxygen atoms in total. The molecule has 2 aromatic rings. The molecule has 2 aliphatic heterocycles. The SMILES string of the molecule is COc1cc(NC(=S)N(Cc2ccc3c(c2)OCO3)C2CCN(C)CC2)cc(OC)c1. The lowest BCUT2D eigenvalue weighted by molar-refractivity contribution is 0.172. The van der Waals surface area contributed by atoms with Crippen LogP contribution in [0.15, 0.2) is 36.4 Å². The van der Waals surface area contributed by atoms with E-state index in [1.54, 1.807) is 14.2 Å². The lowest BCUT2D eigenvalue weighted by atomic mass is 10.0. The number of nitrogens with one attached hydrogen (secondary N) is 1. The van der Waals surface area contributed by atoms with Gasteiger partial charge >= 0.3 is 0 Å². The molecule has 0 aromatic heterocycles. The molecule has 0 atom stereocenters. The van der Waals surface area contributed by atoms with Gasteiger partial charge in [-0.1, -0.05) is 6.07 Å². The Morgan fingerprint density at radius 2 is 1.74 bits per heavy atom. The minimum atomic E-state index is 0.273. The summed E-state index contributed by atoms with van der Waals surface area (Å²) in [4.78, 5) is 4.64. The first-order chi connectivity index (χ1) is 15.1. The molecule has 2 aliphatic rings. The molecule has 0 radical (unpaired) electrons. The number of nitrogens with zero attached hydrogens (tertiary/aromatic N) is 2. The smallest absolute Gasteiger partial charge is 0.231 e. The molecule has 0 saturated carbocycles. The third kappa shape index (κ3) is 5.14. The average molecular weight is 444 g/mol. The number of hydrogen-bond donors (Lipinski definition) is 1. The van der Waals surface area contributed by atoms with Crippen molar-refractivity contribution in [1.29, 1.82) is 0 Å². The third-order valence-electron chi connectivity index (χ3n) is 5.78. The van der Waals surface area contributed by atoms with Gasteiger partial charge in [-0.25, -0.2) is 0 Å². The van der Waals surface area contributed by atoms with E-state index in [1.165, 1.54) is 0 Å². The summed E-state index contributed by atoms with van der Waals surface area (Å²) in [5, 5.41) is 4.08. The van der Waals surface area contributed by atoms with Crippen LogP contribution in [0.1, 0.15) is 18.4 Å². The van der Waals surface area contributed by atoms with Gasteiger partial charge in [0, 0.05) is 36.5 Å². The highest BCUT2D eigenvalue weighted by molar-refractivity contribution is 7.80. The minimum absolute atomic E-state index is 0.273. The van der Waals surface area contributed by atoms with Crippen molar-refractivity contribution in [3.63, 3.8) is 0 Å². The second-order valence-corrected chi connectivity index (χ2v) is 8.27. The van der Waals surface area contributed by atoms with Gasteiger partial charge in [-0.3, -0.25) is 0 Å². The Labute approximate surface area is 188 Å². The normalized spacial score (nSPS) is 16.1. The van der Waals surface area contributed by atoms with Crippen molar-refractivity contribution in [1.82, 2.24) is 9.80 Å². The fraction of sp³-hybridized carbons (Fsp3) is 0.435. The van der Waals surface area contributed by atoms with Crippen LogP contribution in [0.3, 0.4) is 0 Å². The summed E-state index contributed by atoms with van der Waals surface area (Å²) < 4.78 is 21.8. The largest absolute Gasteiger partial charge is 0.497 e. The van der Waals surface area contributed by atoms with E-state index in [9.17, 15) is 0 Å². The van der Waals surface area contributed by atoms with Gasteiger partial charge in [0.05, 0.1) is 14.2 Å². The predicted octanol–water partition coefficient (Wildman–Crippen LogP) is 3.73. The minimum Gasteiger partial charge on any atom is -0.497 e. The standard InChI is InChI=1S/C23H29N3O4S/c1-25-8-6-18(7-9-25)26(14-16-4-5-21-22(10-16)30-15-29-21)23(31)24-17-11-19(27-2)13-20(12-17)28-3/h4-5,10-13,18H,6-9,14-15H2,1-3H3,(H,24,31). The van der Waals surface area contributed by atoms with Crippen LogP contribution in [0, 0.1) is 0 Å². The topological polar surface area (TPSA) is 55.4 Å². The Bertz CT molecular complexity index is 909. The Morgan fingerprint density at radius 3 is 2.42 bits per heavy atom. The molecule has 0 aliphatic carbocycles. The van der Waals surface area contributed by atoms with E-state index < -0.39 is 0 Å². The molecule has 8 heteroatoms. The number of rotatable bonds is 6. The maximum Gasteiger partial charge on any atom is 0.231 e. The van der Waals surface area contributed by atoms with Crippen molar-refractivity contribution in [2.75, 3.05) is 46.5 Å². The maximum absolute atomic E-state index is 5.89. The van der Waals surface area contributed by atoms with Gasteiger partial charge in [0.25, 0.3) is 0 Å². The van der Waals surface area contributed by atoms with Gasteiger partial charge in [-0.2, -0.15) is 0 Å². The van der Waals surface area contributed by atoms with Crippen LogP contribution in [0.5, 0.6) is 23.0 Å². The number of likely N-dealkylation sites (tertiary alicyclic amines) is 1. The van der Waals surface area contributed by atoms with E-state index >= 15 is 0 Å². The van der Waals surface area contributed by atoms with Crippen molar-refractivity contribution in [3.8, 4) is 23.0 Å². The molecule has 0 spiro atoms. The molecule has 0 unspecified atom stereocenters. The molecule has 1 N–H and O–H groups in total. The first kappa shape index (κ1) is 21.5. The lowest BCUT2D eigenvalue weighted by Gasteiger charge is -2.39. The van der Waals surface area contributed by atoms with Crippen LogP contribution in [-0.4, -0.2) is 62.1 Å². The summed E-state index contributed by atoms with van der Waals surface area (Å²) in [6.45, 7) is 3.07. The fourth-order valence-corrected chi connectivity index (χ4v) is 4.32. The Balaban J connectivity index is 1.55. The number of anilines is 1. The quantitative estimate of drug-likeness (QED) is 0.678. The van der Waals surface area contributed by atoms with Crippen LogP contribution in [0.4, 0.5) is 5.69 Å². The van der Waals surface area contributed by atoms with E-state index in [1.807, 2.05) is 30.3 Å². The molecule has 1 fully saturated rings. The highest BCUT2D eigenvalue weighted by Gasteiger charge is 2.26. The van der Waals surface area contributed by atoms with E-state index in [-0.39, 0.29) is 6.79 Å². The van der Waals surface area contributed by atoms with Crippen molar-refractivity contribution in [2.45, 2.75) is 25.4 Å². The molecular weight excluding hydrogens is 414 g/mol. The molecule has 166 valence electrons. The Morgan fingerprint density at radius 1 is 1.06 bits per heavy atom. The van der Waals surface area contributed by atoms with Gasteiger partial charge < -0.3 is 34.1 Å². The van der Waals surface area contributed by atoms with Crippen molar-refractivity contribution in [2.24, 2.45) is 0 Å². The van der Waals surface area contributed by atoms with E-state index in [2.05, 4.69) is 28.2 Å². The van der Waals surface area contributed by atoms with E-state index in [0.717, 1.165) is 48.7 Å². The number of benzene rings is 2. The van der Waals surface area contributed by atoms with Crippen LogP contribution in [0.2, 0.25) is 0 Å². The number of methoxy groups -OCH3 is 2. The van der Waals surface area contributed by atoms with E-state index in [0.29, 0.717) is 29.2 Å². The van der Waals surface area contributed by atoms with Crippen molar-refractivity contribution in [3.05, 3.63) is 42.0 Å². The zero-order valence-corrected chi connectivity index (χ0v) is 19.0. The second-order valence-electron chi connectivity index (χ2n) is 7.88. The molecule has 2 heterocycles. The van der Waals surface area contributed by atoms with Gasteiger partial charge in [0.15, 0.2) is 16.6 Å². The summed E-state index contributed by atoms with van der Waals surface area (Å²) in [6.07, 6.45) is 2.12. The van der Waals surface area contributed by atoms with Gasteiger partial charge in [-0.15, -0.1) is 0 Å². The van der Waals surface area contributed by atoms with E-state index in [4.69, 9.17) is 31.2 Å². The first-order valence-electron chi connectivity index (χ1n) is 10.4. The Kier molecular flexibility index (Phi) is 6.67. The predicted molar refractivity (Wildman–Crippen MR) is 124 cm³/mol. The molecule has 2 aromatic carbocycles. The Hall–Kier alpha value is -2.71. The van der Waals surface area contributed by atoms with Crippen LogP contribution in [-0.2, 0) is 6.54 Å². The third-order valence-corrected chi connectivity index (χ3v) is 6.12. The monoisotopic (exact) mass is 443 g/mol.